The molecule has 0 radical (unpaired) electrons. The molecule has 0 saturated carbocycles. The minimum Gasteiger partial charge on any atom is -0.342 e. The number of nitrogens with zero attached hydrogens (tertiary/aromatic N) is 6. The molecule has 0 bridgehead atoms. The summed E-state index contributed by atoms with van der Waals surface area (Å²) >= 11 is 0. The Kier molecular flexibility index (Phi) is 6.75. The molecule has 37 heavy (non-hydrogen) atoms. The topological polar surface area (TPSA) is 136 Å². The van der Waals surface area contributed by atoms with E-state index in [1.54, 1.807) is 35.1 Å². The largest absolute Gasteiger partial charge is 0.342 e. The minimum absolute atomic E-state index is 0.234. The van der Waals surface area contributed by atoms with Crippen molar-refractivity contribution < 1.29 is 17.7 Å². The normalized spacial score (nSPS) is 13.4. The zero-order chi connectivity index (χ0) is 25.8. The molecule has 5 aromatic rings. The van der Waals surface area contributed by atoms with Crippen LogP contribution in [0.4, 0.5) is 5.69 Å². The van der Waals surface area contributed by atoms with Crippen LogP contribution in [0.15, 0.2) is 89.1 Å². The van der Waals surface area contributed by atoms with E-state index in [1.807, 2.05) is 43.3 Å². The Bertz CT molecular complexity index is 1630. The molecule has 188 valence electrons. The average molecular weight is 518 g/mol. The van der Waals surface area contributed by atoms with Gasteiger partial charge >= 0.3 is 0 Å². The lowest BCUT2D eigenvalue weighted by Crippen LogP contribution is -2.41. The van der Waals surface area contributed by atoms with Gasteiger partial charge in [0.15, 0.2) is 0 Å². The van der Waals surface area contributed by atoms with Crippen LogP contribution in [0.2, 0.25) is 0 Å². The highest BCUT2D eigenvalue weighted by Gasteiger charge is 2.29. The van der Waals surface area contributed by atoms with E-state index in [1.165, 1.54) is 16.9 Å². The number of hydrogen-bond donors (Lipinski definition) is 1. The Labute approximate surface area is 212 Å². The van der Waals surface area contributed by atoms with Crippen LogP contribution in [0.1, 0.15) is 22.5 Å². The van der Waals surface area contributed by atoms with Gasteiger partial charge in [-0.1, -0.05) is 23.4 Å². The van der Waals surface area contributed by atoms with Crippen molar-refractivity contribution in [1.82, 2.24) is 28.8 Å². The Hall–Kier alpha value is -4.42. The smallest absolute Gasteiger partial charge is 0.274 e. The third kappa shape index (κ3) is 5.10. The van der Waals surface area contributed by atoms with Gasteiger partial charge in [-0.3, -0.25) is 14.2 Å². The molecule has 4 aromatic heterocycles. The van der Waals surface area contributed by atoms with Crippen LogP contribution in [0.5, 0.6) is 0 Å². The Morgan fingerprint density at radius 2 is 1.92 bits per heavy atom. The summed E-state index contributed by atoms with van der Waals surface area (Å²) in [6.07, 6.45) is 8.54. The molecule has 1 saturated heterocycles. The second-order valence-electron chi connectivity index (χ2n) is 8.26. The van der Waals surface area contributed by atoms with E-state index in [2.05, 4.69) is 25.4 Å². The summed E-state index contributed by atoms with van der Waals surface area (Å²) in [5.74, 6) is 0.238. The molecule has 12 heteroatoms. The van der Waals surface area contributed by atoms with Gasteiger partial charge < -0.3 is 9.84 Å². The van der Waals surface area contributed by atoms with Crippen LogP contribution in [0, 0.1) is 6.92 Å². The number of nitrogens with one attached hydrogen (secondary N) is 1. The van der Waals surface area contributed by atoms with E-state index in [4.69, 9.17) is 4.52 Å². The quantitative estimate of drug-likeness (QED) is 0.375. The van der Waals surface area contributed by atoms with Crippen molar-refractivity contribution in [2.75, 3.05) is 18.4 Å². The molecule has 1 amide bonds. The lowest BCUT2D eigenvalue weighted by Gasteiger charge is -2.29. The van der Waals surface area contributed by atoms with Crippen LogP contribution in [0.3, 0.4) is 0 Å². The molecule has 1 aromatic carbocycles. The van der Waals surface area contributed by atoms with Gasteiger partial charge in [0, 0.05) is 42.9 Å². The first-order valence-electron chi connectivity index (χ1n) is 11.4. The molecule has 0 spiro atoms. The fourth-order valence-corrected chi connectivity index (χ4v) is 5.14. The lowest BCUT2D eigenvalue weighted by molar-refractivity contribution is 0.102. The highest BCUT2D eigenvalue weighted by Crippen LogP contribution is 2.24. The third-order valence-electron chi connectivity index (χ3n) is 5.84. The number of aryl methyl sites for hydroxylation is 1. The van der Waals surface area contributed by atoms with E-state index in [0.717, 1.165) is 23.2 Å². The first-order valence-corrected chi connectivity index (χ1v) is 12.9. The zero-order valence-corrected chi connectivity index (χ0v) is 20.7. The number of pyridine rings is 2. The summed E-state index contributed by atoms with van der Waals surface area (Å²) in [4.78, 5) is 24.9. The molecule has 0 aliphatic carbocycles. The maximum Gasteiger partial charge on any atom is 0.274 e. The average Bonchev–Trinajstić information content (AvgIpc) is 3.56. The van der Waals surface area contributed by atoms with Crippen LogP contribution < -0.4 is 5.32 Å². The van der Waals surface area contributed by atoms with Gasteiger partial charge in [0.1, 0.15) is 16.2 Å². The second-order valence-corrected chi connectivity index (χ2v) is 10.2. The predicted octanol–water partition coefficient (Wildman–Crippen LogP) is 3.42. The molecular formula is C25H23N7O4S. The number of aromatic nitrogens is 5. The molecule has 0 unspecified atom stereocenters. The third-order valence-corrected chi connectivity index (χ3v) is 7.72. The van der Waals surface area contributed by atoms with Crippen LogP contribution >= 0.6 is 0 Å². The van der Waals surface area contributed by atoms with Crippen molar-refractivity contribution in [1.29, 1.82) is 0 Å². The SMILES string of the molecule is Cc1ccc(-c2ncon2)cc1NC(=O)c1cnc2ccccn12.O=S(=O)(c1cccnc1)N1CCC1. The van der Waals surface area contributed by atoms with Crippen molar-refractivity contribution in [2.24, 2.45) is 0 Å². The Morgan fingerprint density at radius 1 is 1.05 bits per heavy atom. The maximum absolute atomic E-state index is 12.6. The molecule has 0 atom stereocenters. The molecule has 6 rings (SSSR count). The summed E-state index contributed by atoms with van der Waals surface area (Å²) in [6, 6.07) is 14.4. The maximum atomic E-state index is 12.6. The molecular weight excluding hydrogens is 494 g/mol. The van der Waals surface area contributed by atoms with Crippen molar-refractivity contribution in [3.05, 3.63) is 91.0 Å². The van der Waals surface area contributed by atoms with Crippen molar-refractivity contribution in [3.63, 3.8) is 0 Å². The number of imidazole rings is 1. The van der Waals surface area contributed by atoms with Crippen molar-refractivity contribution >= 4 is 27.3 Å². The number of amides is 1. The van der Waals surface area contributed by atoms with Gasteiger partial charge in [0.05, 0.1) is 6.20 Å². The van der Waals surface area contributed by atoms with Crippen LogP contribution in [-0.2, 0) is 10.0 Å². The van der Waals surface area contributed by atoms with Gasteiger partial charge in [0.25, 0.3) is 5.91 Å². The molecule has 5 heterocycles. The number of sulfonamides is 1. The standard InChI is InChI=1S/C17H13N5O2.C8H10N2O2S/c1-11-5-6-12(16-19-10-24-21-16)8-13(11)20-17(23)14-9-18-15-4-2-3-7-22(14)15;11-13(12,10-5-2-6-10)8-3-1-4-9-7-8/h2-10H,1H3,(H,20,23);1,3-4,7H,2,5-6H2. The molecule has 11 nitrogen and oxygen atoms in total. The number of carbonyl (C=O) groups excluding carboxylic acids is 1. The highest BCUT2D eigenvalue weighted by molar-refractivity contribution is 7.89. The number of carbonyl (C=O) groups is 1. The number of benzene rings is 1. The minimum atomic E-state index is -3.23. The number of rotatable bonds is 5. The van der Waals surface area contributed by atoms with Crippen molar-refractivity contribution in [2.45, 2.75) is 18.2 Å². The van der Waals surface area contributed by atoms with E-state index in [-0.39, 0.29) is 10.8 Å². The van der Waals surface area contributed by atoms with Gasteiger partial charge in [-0.25, -0.2) is 13.4 Å². The number of anilines is 1. The van der Waals surface area contributed by atoms with Crippen LogP contribution in [-0.4, -0.2) is 56.2 Å². The first-order chi connectivity index (χ1) is 17.9. The first kappa shape index (κ1) is 24.3. The fraction of sp³-hybridized carbons (Fsp3) is 0.160. The fourth-order valence-electron chi connectivity index (χ4n) is 3.66. The van der Waals surface area contributed by atoms with Gasteiger partial charge in [0.2, 0.25) is 22.2 Å². The van der Waals surface area contributed by atoms with Gasteiger partial charge in [-0.05, 0) is 49.2 Å². The summed E-state index contributed by atoms with van der Waals surface area (Å²) in [6.45, 7) is 3.19. The molecule has 1 aliphatic rings. The van der Waals surface area contributed by atoms with Crippen molar-refractivity contribution in [3.8, 4) is 11.4 Å². The van der Waals surface area contributed by atoms with E-state index < -0.39 is 10.0 Å². The number of hydrogen-bond acceptors (Lipinski definition) is 8. The second kappa shape index (κ2) is 10.3. The van der Waals surface area contributed by atoms with E-state index >= 15 is 0 Å². The summed E-state index contributed by atoms with van der Waals surface area (Å²) in [5.41, 5.74) is 3.58. The monoisotopic (exact) mass is 517 g/mol. The summed E-state index contributed by atoms with van der Waals surface area (Å²) in [7, 11) is -3.23. The summed E-state index contributed by atoms with van der Waals surface area (Å²) in [5, 5.41) is 6.74. The lowest BCUT2D eigenvalue weighted by atomic mass is 10.1. The molecule has 1 N–H and O–H groups in total. The zero-order valence-electron chi connectivity index (χ0n) is 19.9. The van der Waals surface area contributed by atoms with Gasteiger partial charge in [-0.15, -0.1) is 0 Å². The molecule has 1 fully saturated rings. The Balaban J connectivity index is 0.000000182. The predicted molar refractivity (Wildman–Crippen MR) is 135 cm³/mol. The Morgan fingerprint density at radius 3 is 2.62 bits per heavy atom. The van der Waals surface area contributed by atoms with Crippen LogP contribution in [0.25, 0.3) is 17.0 Å². The number of fused-ring (bicyclic) bond motifs is 1. The van der Waals surface area contributed by atoms with E-state index in [9.17, 15) is 13.2 Å². The highest BCUT2D eigenvalue weighted by atomic mass is 32.2. The summed E-state index contributed by atoms with van der Waals surface area (Å²) < 4.78 is 31.4. The molecule has 1 aliphatic heterocycles. The van der Waals surface area contributed by atoms with Gasteiger partial charge in [-0.2, -0.15) is 9.29 Å². The van der Waals surface area contributed by atoms with E-state index in [0.29, 0.717) is 30.3 Å².